The Morgan fingerprint density at radius 1 is 1.43 bits per heavy atom. The van der Waals surface area contributed by atoms with Crippen molar-refractivity contribution in [1.29, 1.82) is 0 Å². The third-order valence-corrected chi connectivity index (χ3v) is 5.12. The van der Waals surface area contributed by atoms with Crippen LogP contribution >= 0.6 is 34.5 Å². The largest absolute Gasteiger partial charge is 0.492 e. The minimum absolute atomic E-state index is 0.171. The molecular formula is C15H16Cl2N2OS. The standard InChI is InChI=1S/C15H16Cl2N2OS/c1-8-7-18-15(21-8)9(2)19-13-3-4-20-14-11(13)5-10(16)6-12(14)17/h5-7,9,13,19H,3-4H2,1-2H3. The smallest absolute Gasteiger partial charge is 0.142 e. The van der Waals surface area contributed by atoms with Crippen LogP contribution in [0.2, 0.25) is 10.0 Å². The molecule has 2 atom stereocenters. The molecule has 0 bridgehead atoms. The van der Waals surface area contributed by atoms with Crippen molar-refractivity contribution in [3.63, 3.8) is 0 Å². The average molecular weight is 343 g/mol. The van der Waals surface area contributed by atoms with Crippen LogP contribution in [-0.2, 0) is 0 Å². The lowest BCUT2D eigenvalue weighted by Gasteiger charge is -2.29. The van der Waals surface area contributed by atoms with Crippen LogP contribution in [0.25, 0.3) is 0 Å². The third-order valence-electron chi connectivity index (χ3n) is 3.53. The van der Waals surface area contributed by atoms with Crippen LogP contribution in [0.15, 0.2) is 18.3 Å². The Kier molecular flexibility index (Phi) is 4.41. The van der Waals surface area contributed by atoms with E-state index in [1.165, 1.54) is 4.88 Å². The summed E-state index contributed by atoms with van der Waals surface area (Å²) in [5.74, 6) is 0.743. The van der Waals surface area contributed by atoms with Gasteiger partial charge in [0.05, 0.1) is 17.7 Å². The second kappa shape index (κ2) is 6.13. The second-order valence-corrected chi connectivity index (χ2v) is 7.30. The van der Waals surface area contributed by atoms with Crippen LogP contribution < -0.4 is 10.1 Å². The van der Waals surface area contributed by atoms with Gasteiger partial charge in [-0.05, 0) is 26.0 Å². The number of ether oxygens (including phenoxy) is 1. The average Bonchev–Trinajstić information content (AvgIpc) is 2.86. The van der Waals surface area contributed by atoms with E-state index < -0.39 is 0 Å². The lowest BCUT2D eigenvalue weighted by Crippen LogP contribution is -2.29. The monoisotopic (exact) mass is 342 g/mol. The highest BCUT2D eigenvalue weighted by molar-refractivity contribution is 7.11. The molecule has 112 valence electrons. The number of thiazole rings is 1. The van der Waals surface area contributed by atoms with Gasteiger partial charge in [-0.3, -0.25) is 0 Å². The van der Waals surface area contributed by atoms with Crippen molar-refractivity contribution < 1.29 is 4.74 Å². The van der Waals surface area contributed by atoms with Crippen molar-refractivity contribution in [2.45, 2.75) is 32.4 Å². The quantitative estimate of drug-likeness (QED) is 0.858. The van der Waals surface area contributed by atoms with E-state index in [1.54, 1.807) is 17.4 Å². The van der Waals surface area contributed by atoms with Gasteiger partial charge in [0.15, 0.2) is 0 Å². The van der Waals surface area contributed by atoms with Gasteiger partial charge < -0.3 is 10.1 Å². The molecule has 2 heterocycles. The summed E-state index contributed by atoms with van der Waals surface area (Å²) >= 11 is 14.1. The first-order valence-electron chi connectivity index (χ1n) is 6.84. The number of hydrogen-bond acceptors (Lipinski definition) is 4. The summed E-state index contributed by atoms with van der Waals surface area (Å²) < 4.78 is 5.69. The molecule has 0 saturated heterocycles. The molecule has 3 nitrogen and oxygen atoms in total. The molecule has 1 aliphatic rings. The molecule has 1 aromatic heterocycles. The predicted molar refractivity (Wildman–Crippen MR) is 87.7 cm³/mol. The molecule has 0 aliphatic carbocycles. The number of halogens is 2. The van der Waals surface area contributed by atoms with E-state index in [9.17, 15) is 0 Å². The second-order valence-electron chi connectivity index (χ2n) is 5.19. The van der Waals surface area contributed by atoms with Crippen LogP contribution in [0, 0.1) is 6.92 Å². The van der Waals surface area contributed by atoms with Gasteiger partial charge in [0, 0.05) is 34.1 Å². The number of hydrogen-bond donors (Lipinski definition) is 1. The molecule has 21 heavy (non-hydrogen) atoms. The van der Waals surface area contributed by atoms with E-state index in [2.05, 4.69) is 24.1 Å². The highest BCUT2D eigenvalue weighted by atomic mass is 35.5. The molecule has 3 rings (SSSR count). The lowest BCUT2D eigenvalue weighted by atomic mass is 9.99. The van der Waals surface area contributed by atoms with Crippen molar-refractivity contribution in [2.24, 2.45) is 0 Å². The summed E-state index contributed by atoms with van der Waals surface area (Å²) in [5.41, 5.74) is 1.03. The first-order chi connectivity index (χ1) is 10.0. The van der Waals surface area contributed by atoms with Crippen LogP contribution in [0.5, 0.6) is 5.75 Å². The number of nitrogens with one attached hydrogen (secondary N) is 1. The molecule has 0 spiro atoms. The van der Waals surface area contributed by atoms with Crippen molar-refractivity contribution >= 4 is 34.5 Å². The van der Waals surface area contributed by atoms with Gasteiger partial charge >= 0.3 is 0 Å². The minimum atomic E-state index is 0.171. The molecular weight excluding hydrogens is 327 g/mol. The van der Waals surface area contributed by atoms with Crippen molar-refractivity contribution in [2.75, 3.05) is 6.61 Å². The third kappa shape index (κ3) is 3.19. The minimum Gasteiger partial charge on any atom is -0.492 e. The normalized spacial score (nSPS) is 19.0. The SMILES string of the molecule is Cc1cnc(C(C)NC2CCOc3c(Cl)cc(Cl)cc32)s1. The number of aryl methyl sites for hydroxylation is 1. The molecule has 0 saturated carbocycles. The van der Waals surface area contributed by atoms with Gasteiger partial charge in [-0.2, -0.15) is 0 Å². The number of fused-ring (bicyclic) bond motifs is 1. The summed E-state index contributed by atoms with van der Waals surface area (Å²) in [6.45, 7) is 4.84. The maximum atomic E-state index is 6.22. The van der Waals surface area contributed by atoms with Gasteiger partial charge in [-0.25, -0.2) is 4.98 Å². The fraction of sp³-hybridized carbons (Fsp3) is 0.400. The Balaban J connectivity index is 1.85. The van der Waals surface area contributed by atoms with Gasteiger partial charge in [0.1, 0.15) is 10.8 Å². The zero-order valence-electron chi connectivity index (χ0n) is 11.8. The lowest BCUT2D eigenvalue weighted by molar-refractivity contribution is 0.246. The van der Waals surface area contributed by atoms with Crippen molar-refractivity contribution in [1.82, 2.24) is 10.3 Å². The predicted octanol–water partition coefficient (Wildman–Crippen LogP) is 4.93. The molecule has 0 fully saturated rings. The maximum absolute atomic E-state index is 6.22. The molecule has 2 aromatic rings. The first kappa shape index (κ1) is 15.1. The van der Waals surface area contributed by atoms with Gasteiger partial charge in [0.2, 0.25) is 0 Å². The Labute approximate surface area is 138 Å². The van der Waals surface area contributed by atoms with E-state index in [-0.39, 0.29) is 12.1 Å². The Hall–Kier alpha value is -0.810. The first-order valence-corrected chi connectivity index (χ1v) is 8.42. The van der Waals surface area contributed by atoms with Crippen LogP contribution in [0.1, 0.15) is 40.9 Å². The van der Waals surface area contributed by atoms with Crippen LogP contribution in [-0.4, -0.2) is 11.6 Å². The number of benzene rings is 1. The van der Waals surface area contributed by atoms with E-state index in [0.717, 1.165) is 22.7 Å². The van der Waals surface area contributed by atoms with Crippen LogP contribution in [0.4, 0.5) is 0 Å². The zero-order chi connectivity index (χ0) is 15.0. The fourth-order valence-electron chi connectivity index (χ4n) is 2.54. The van der Waals surface area contributed by atoms with Crippen LogP contribution in [0.3, 0.4) is 0 Å². The molecule has 6 heteroatoms. The number of nitrogens with zero attached hydrogens (tertiary/aromatic N) is 1. The maximum Gasteiger partial charge on any atom is 0.142 e. The summed E-state index contributed by atoms with van der Waals surface area (Å²) in [6.07, 6.45) is 2.79. The fourth-order valence-corrected chi connectivity index (χ4v) is 3.89. The van der Waals surface area contributed by atoms with E-state index in [1.807, 2.05) is 12.3 Å². The summed E-state index contributed by atoms with van der Waals surface area (Å²) in [6, 6.07) is 4.00. The van der Waals surface area contributed by atoms with Crippen molar-refractivity contribution in [3.05, 3.63) is 43.8 Å². The molecule has 0 radical (unpaired) electrons. The summed E-state index contributed by atoms with van der Waals surface area (Å²) in [4.78, 5) is 5.66. The number of aromatic nitrogens is 1. The number of rotatable bonds is 3. The summed E-state index contributed by atoms with van der Waals surface area (Å²) in [7, 11) is 0. The molecule has 1 aliphatic heterocycles. The van der Waals surface area contributed by atoms with E-state index in [0.29, 0.717) is 16.7 Å². The Morgan fingerprint density at radius 3 is 2.95 bits per heavy atom. The van der Waals surface area contributed by atoms with Crippen molar-refractivity contribution in [3.8, 4) is 5.75 Å². The topological polar surface area (TPSA) is 34.2 Å². The van der Waals surface area contributed by atoms with E-state index in [4.69, 9.17) is 27.9 Å². The molecule has 2 unspecified atom stereocenters. The Bertz CT molecular complexity index is 659. The van der Waals surface area contributed by atoms with Gasteiger partial charge in [-0.15, -0.1) is 11.3 Å². The van der Waals surface area contributed by atoms with Gasteiger partial charge in [0.25, 0.3) is 0 Å². The molecule has 1 N–H and O–H groups in total. The highest BCUT2D eigenvalue weighted by Crippen LogP contribution is 2.40. The summed E-state index contributed by atoms with van der Waals surface area (Å²) in [5, 5.41) is 5.91. The van der Waals surface area contributed by atoms with E-state index >= 15 is 0 Å². The molecule has 0 amide bonds. The molecule has 1 aromatic carbocycles. The zero-order valence-corrected chi connectivity index (χ0v) is 14.1. The highest BCUT2D eigenvalue weighted by Gasteiger charge is 2.26. The van der Waals surface area contributed by atoms with Gasteiger partial charge in [-0.1, -0.05) is 23.2 Å². The Morgan fingerprint density at radius 2 is 2.24 bits per heavy atom.